The number of rotatable bonds is 4. The van der Waals surface area contributed by atoms with Crippen molar-refractivity contribution in [1.29, 1.82) is 0 Å². The normalized spacial score (nSPS) is 10.3. The van der Waals surface area contributed by atoms with Gasteiger partial charge in [-0.3, -0.25) is 9.59 Å². The molecule has 2 heterocycles. The van der Waals surface area contributed by atoms with Crippen LogP contribution in [0.15, 0.2) is 18.5 Å². The average molecular weight is 249 g/mol. The molecule has 8 heteroatoms. The molecule has 8 nitrogen and oxygen atoms in total. The minimum atomic E-state index is -0.548. The first-order valence-electron chi connectivity index (χ1n) is 5.32. The van der Waals surface area contributed by atoms with Crippen molar-refractivity contribution in [3.8, 4) is 0 Å². The molecule has 94 valence electrons. The van der Waals surface area contributed by atoms with Crippen molar-refractivity contribution in [3.63, 3.8) is 0 Å². The molecule has 0 fully saturated rings. The van der Waals surface area contributed by atoms with E-state index in [2.05, 4.69) is 25.1 Å². The zero-order valence-electron chi connectivity index (χ0n) is 9.66. The largest absolute Gasteiger partial charge is 0.465 e. The number of fused-ring (bicyclic) bond motifs is 1. The molecule has 18 heavy (non-hydrogen) atoms. The molecule has 1 N–H and O–H groups in total. The lowest BCUT2D eigenvalue weighted by Crippen LogP contribution is -2.31. The van der Waals surface area contributed by atoms with Gasteiger partial charge in [-0.2, -0.15) is 4.98 Å². The Labute approximate surface area is 102 Å². The fourth-order valence-corrected chi connectivity index (χ4v) is 1.27. The molecule has 0 aliphatic heterocycles. The first-order chi connectivity index (χ1) is 8.70. The molecule has 0 saturated heterocycles. The predicted octanol–water partition coefficient (Wildman–Crippen LogP) is -0.583. The van der Waals surface area contributed by atoms with Gasteiger partial charge in [-0.05, 0) is 13.0 Å². The third-order valence-corrected chi connectivity index (χ3v) is 2.02. The van der Waals surface area contributed by atoms with E-state index in [-0.39, 0.29) is 19.0 Å². The van der Waals surface area contributed by atoms with Crippen LogP contribution < -0.4 is 5.32 Å². The molecule has 0 radical (unpaired) electrons. The van der Waals surface area contributed by atoms with Crippen molar-refractivity contribution >= 4 is 17.7 Å². The Morgan fingerprint density at radius 3 is 3.06 bits per heavy atom. The number of carbonyl (C=O) groups excluding carboxylic acids is 2. The van der Waals surface area contributed by atoms with E-state index in [0.717, 1.165) is 0 Å². The maximum Gasteiger partial charge on any atom is 0.325 e. The van der Waals surface area contributed by atoms with Gasteiger partial charge in [-0.1, -0.05) is 0 Å². The third kappa shape index (κ3) is 2.59. The summed E-state index contributed by atoms with van der Waals surface area (Å²) in [6.07, 6.45) is 3.17. The van der Waals surface area contributed by atoms with E-state index in [1.54, 1.807) is 25.4 Å². The van der Waals surface area contributed by atoms with Crippen molar-refractivity contribution in [3.05, 3.63) is 24.3 Å². The second kappa shape index (κ2) is 5.21. The van der Waals surface area contributed by atoms with E-state index in [0.29, 0.717) is 5.78 Å². The molecule has 2 aromatic rings. The number of aromatic nitrogens is 4. The zero-order chi connectivity index (χ0) is 13.0. The van der Waals surface area contributed by atoms with E-state index in [4.69, 9.17) is 0 Å². The van der Waals surface area contributed by atoms with Gasteiger partial charge in [-0.25, -0.2) is 9.50 Å². The molecule has 0 aliphatic carbocycles. The second-order valence-electron chi connectivity index (χ2n) is 3.29. The molecule has 2 aromatic heterocycles. The number of ether oxygens (including phenoxy) is 1. The maximum absolute atomic E-state index is 11.6. The fraction of sp³-hybridized carbons (Fsp3) is 0.300. The summed E-state index contributed by atoms with van der Waals surface area (Å²) >= 11 is 0. The van der Waals surface area contributed by atoms with Crippen LogP contribution in [-0.4, -0.2) is 44.6 Å². The first-order valence-corrected chi connectivity index (χ1v) is 5.32. The van der Waals surface area contributed by atoms with Crippen molar-refractivity contribution < 1.29 is 14.3 Å². The molecule has 0 atom stereocenters. The highest BCUT2D eigenvalue weighted by Crippen LogP contribution is 1.96. The Morgan fingerprint density at radius 2 is 2.33 bits per heavy atom. The lowest BCUT2D eigenvalue weighted by atomic mass is 10.5. The van der Waals surface area contributed by atoms with Crippen LogP contribution >= 0.6 is 0 Å². The summed E-state index contributed by atoms with van der Waals surface area (Å²) in [5.41, 5.74) is 0. The van der Waals surface area contributed by atoms with Gasteiger partial charge in [0.2, 0.25) is 5.82 Å². The lowest BCUT2D eigenvalue weighted by Gasteiger charge is -2.01. The van der Waals surface area contributed by atoms with Crippen molar-refractivity contribution in [2.75, 3.05) is 13.2 Å². The monoisotopic (exact) mass is 249 g/mol. The van der Waals surface area contributed by atoms with Gasteiger partial charge >= 0.3 is 5.97 Å². The number of amides is 1. The molecule has 2 rings (SSSR count). The fourth-order valence-electron chi connectivity index (χ4n) is 1.27. The van der Waals surface area contributed by atoms with Gasteiger partial charge < -0.3 is 10.1 Å². The Kier molecular flexibility index (Phi) is 3.46. The van der Waals surface area contributed by atoms with Crippen LogP contribution in [0.1, 0.15) is 17.5 Å². The van der Waals surface area contributed by atoms with E-state index in [1.807, 2.05) is 0 Å². The van der Waals surface area contributed by atoms with Crippen LogP contribution in [0.5, 0.6) is 0 Å². The molecule has 0 bridgehead atoms. The highest BCUT2D eigenvalue weighted by Gasteiger charge is 2.14. The molecule has 0 spiro atoms. The van der Waals surface area contributed by atoms with E-state index in [9.17, 15) is 9.59 Å². The minimum absolute atomic E-state index is 0.0435. The minimum Gasteiger partial charge on any atom is -0.465 e. The first kappa shape index (κ1) is 12.0. The number of carbonyl (C=O) groups is 2. The van der Waals surface area contributed by atoms with Crippen molar-refractivity contribution in [2.45, 2.75) is 6.92 Å². The summed E-state index contributed by atoms with van der Waals surface area (Å²) in [6, 6.07) is 1.67. The van der Waals surface area contributed by atoms with Crippen LogP contribution in [-0.2, 0) is 9.53 Å². The highest BCUT2D eigenvalue weighted by molar-refractivity contribution is 5.92. The highest BCUT2D eigenvalue weighted by atomic mass is 16.5. The molecular weight excluding hydrogens is 238 g/mol. The summed E-state index contributed by atoms with van der Waals surface area (Å²) in [7, 11) is 0. The van der Waals surface area contributed by atoms with Crippen LogP contribution in [0.25, 0.3) is 5.78 Å². The van der Waals surface area contributed by atoms with Gasteiger partial charge in [0.1, 0.15) is 6.54 Å². The summed E-state index contributed by atoms with van der Waals surface area (Å²) in [5, 5.41) is 6.28. The van der Waals surface area contributed by atoms with Gasteiger partial charge in [-0.15, -0.1) is 5.10 Å². The molecule has 0 aromatic carbocycles. The van der Waals surface area contributed by atoms with E-state index in [1.165, 1.54) is 4.52 Å². The third-order valence-electron chi connectivity index (χ3n) is 2.02. The summed E-state index contributed by atoms with van der Waals surface area (Å²) < 4.78 is 6.05. The second-order valence-corrected chi connectivity index (χ2v) is 3.29. The molecule has 0 unspecified atom stereocenters. The zero-order valence-corrected chi connectivity index (χ0v) is 9.66. The summed E-state index contributed by atoms with van der Waals surface area (Å²) in [5.74, 6) is -0.780. The lowest BCUT2D eigenvalue weighted by molar-refractivity contribution is -0.141. The summed E-state index contributed by atoms with van der Waals surface area (Å²) in [6.45, 7) is 1.75. The Morgan fingerprint density at radius 1 is 1.50 bits per heavy atom. The van der Waals surface area contributed by atoms with Gasteiger partial charge in [0.15, 0.2) is 0 Å². The van der Waals surface area contributed by atoms with Gasteiger partial charge in [0.05, 0.1) is 6.61 Å². The molecular formula is C10H11N5O3. The summed E-state index contributed by atoms with van der Waals surface area (Å²) in [4.78, 5) is 30.5. The standard InChI is InChI=1S/C10H11N5O3/c1-2-18-7(16)6-12-9(17)8-13-10-11-4-3-5-15(10)14-8/h3-5H,2,6H2,1H3,(H,12,17). The molecule has 1 amide bonds. The topological polar surface area (TPSA) is 98.5 Å². The quantitative estimate of drug-likeness (QED) is 0.728. The number of esters is 1. The van der Waals surface area contributed by atoms with Crippen LogP contribution in [0, 0.1) is 0 Å². The van der Waals surface area contributed by atoms with Crippen molar-refractivity contribution in [2.24, 2.45) is 0 Å². The van der Waals surface area contributed by atoms with Gasteiger partial charge in [0, 0.05) is 12.4 Å². The van der Waals surface area contributed by atoms with Gasteiger partial charge in [0.25, 0.3) is 11.7 Å². The SMILES string of the molecule is CCOC(=O)CNC(=O)c1nc2ncccn2n1. The Balaban J connectivity index is 2.02. The predicted molar refractivity (Wildman–Crippen MR) is 59.7 cm³/mol. The number of hydrogen-bond acceptors (Lipinski definition) is 6. The van der Waals surface area contributed by atoms with Crippen molar-refractivity contribution in [1.82, 2.24) is 24.9 Å². The van der Waals surface area contributed by atoms with Crippen LogP contribution in [0.4, 0.5) is 0 Å². The Hall–Kier alpha value is -2.51. The smallest absolute Gasteiger partial charge is 0.325 e. The maximum atomic E-state index is 11.6. The van der Waals surface area contributed by atoms with E-state index >= 15 is 0 Å². The Bertz CT molecular complexity index is 547. The molecule has 0 aliphatic rings. The van der Waals surface area contributed by atoms with E-state index < -0.39 is 11.9 Å². The number of nitrogens with one attached hydrogen (secondary N) is 1. The number of hydrogen-bond donors (Lipinski definition) is 1. The van der Waals surface area contributed by atoms with Crippen LogP contribution in [0.2, 0.25) is 0 Å². The average Bonchev–Trinajstić information content (AvgIpc) is 2.80. The molecule has 0 saturated carbocycles. The van der Waals surface area contributed by atoms with Crippen LogP contribution in [0.3, 0.4) is 0 Å². The number of nitrogens with zero attached hydrogens (tertiary/aromatic N) is 4.